The molecule has 7 heteroatoms. The molecule has 22 heavy (non-hydrogen) atoms. The van der Waals surface area contributed by atoms with Gasteiger partial charge >= 0.3 is 0 Å². The second-order valence-corrected chi connectivity index (χ2v) is 4.80. The lowest BCUT2D eigenvalue weighted by molar-refractivity contribution is -0.114. The summed E-state index contributed by atoms with van der Waals surface area (Å²) in [6.07, 6.45) is 1.63. The smallest absolute Gasteiger partial charge is 0.252 e. The van der Waals surface area contributed by atoms with Crippen LogP contribution in [0.15, 0.2) is 46.0 Å². The van der Waals surface area contributed by atoms with E-state index in [2.05, 4.69) is 15.4 Å². The normalized spacial score (nSPS) is 16.4. The van der Waals surface area contributed by atoms with Crippen molar-refractivity contribution in [1.82, 2.24) is 10.3 Å². The van der Waals surface area contributed by atoms with Crippen LogP contribution in [0, 0.1) is 6.54 Å². The highest BCUT2D eigenvalue weighted by Crippen LogP contribution is 2.18. The Labute approximate surface area is 128 Å². The van der Waals surface area contributed by atoms with Gasteiger partial charge in [0, 0.05) is 6.54 Å². The molecule has 7 nitrogen and oxygen atoms in total. The first kappa shape index (κ1) is 14.1. The lowest BCUT2D eigenvalue weighted by atomic mass is 10.1. The Hall–Kier alpha value is -2.83. The molecule has 2 aliphatic rings. The first-order chi connectivity index (χ1) is 10.7. The summed E-state index contributed by atoms with van der Waals surface area (Å²) in [6.45, 7) is 2.86. The van der Waals surface area contributed by atoms with Gasteiger partial charge in [0.15, 0.2) is 5.84 Å². The molecule has 3 rings (SSSR count). The van der Waals surface area contributed by atoms with Gasteiger partial charge in [0.1, 0.15) is 11.6 Å². The monoisotopic (exact) mass is 298 g/mol. The summed E-state index contributed by atoms with van der Waals surface area (Å²) in [5.74, 6) is 1.36. The summed E-state index contributed by atoms with van der Waals surface area (Å²) >= 11 is 0. The van der Waals surface area contributed by atoms with Gasteiger partial charge in [-0.2, -0.15) is 5.10 Å². The fraction of sp³-hybridized carbons (Fsp3) is 0.200. The van der Waals surface area contributed by atoms with E-state index >= 15 is 0 Å². The molecule has 2 heterocycles. The van der Waals surface area contributed by atoms with Crippen LogP contribution >= 0.6 is 0 Å². The number of ether oxygens (including phenoxy) is 1. The molecule has 1 aromatic rings. The third kappa shape index (κ3) is 2.78. The number of amidine groups is 2. The molecule has 0 spiro atoms. The van der Waals surface area contributed by atoms with Crippen LogP contribution in [0.2, 0.25) is 0 Å². The molecule has 3 N–H and O–H groups in total. The summed E-state index contributed by atoms with van der Waals surface area (Å²) in [5, 5.41) is 9.13. The van der Waals surface area contributed by atoms with E-state index < -0.39 is 5.91 Å². The van der Waals surface area contributed by atoms with Gasteiger partial charge in [0.25, 0.3) is 5.91 Å². The number of rotatable bonds is 4. The highest BCUT2D eigenvalue weighted by atomic mass is 16.5. The Bertz CT molecular complexity index is 676. The van der Waals surface area contributed by atoms with Crippen molar-refractivity contribution >= 4 is 17.6 Å². The number of methoxy groups -OCH3 is 1. The third-order valence-electron chi connectivity index (χ3n) is 3.35. The zero-order valence-electron chi connectivity index (χ0n) is 12.1. The van der Waals surface area contributed by atoms with Gasteiger partial charge in [0.05, 0.1) is 25.8 Å². The number of hydrogen-bond donors (Lipinski definition) is 2. The van der Waals surface area contributed by atoms with E-state index in [4.69, 9.17) is 10.5 Å². The molecule has 0 saturated heterocycles. The zero-order chi connectivity index (χ0) is 15.5. The molecule has 113 valence electrons. The summed E-state index contributed by atoms with van der Waals surface area (Å²) < 4.78 is 5.12. The fourth-order valence-corrected chi connectivity index (χ4v) is 2.21. The number of hydrogen-bond acceptors (Lipinski definition) is 6. The molecule has 0 aliphatic carbocycles. The molecular formula is C15H16N5O2. The van der Waals surface area contributed by atoms with Crippen LogP contribution in [0.3, 0.4) is 0 Å². The van der Waals surface area contributed by atoms with Crippen LogP contribution in [0.5, 0.6) is 5.75 Å². The van der Waals surface area contributed by atoms with Crippen LogP contribution in [-0.2, 0) is 11.3 Å². The molecule has 1 aromatic carbocycles. The number of nitrogens with two attached hydrogens (primary N) is 1. The number of benzene rings is 1. The van der Waals surface area contributed by atoms with E-state index in [1.165, 1.54) is 0 Å². The van der Waals surface area contributed by atoms with Gasteiger partial charge in [-0.05, 0) is 23.8 Å². The van der Waals surface area contributed by atoms with Crippen LogP contribution in [0.4, 0.5) is 0 Å². The van der Waals surface area contributed by atoms with Crippen molar-refractivity contribution < 1.29 is 9.53 Å². The van der Waals surface area contributed by atoms with Crippen LogP contribution < -0.4 is 15.8 Å². The molecular weight excluding hydrogens is 282 g/mol. The molecule has 2 aliphatic heterocycles. The maximum Gasteiger partial charge on any atom is 0.252 e. The van der Waals surface area contributed by atoms with Crippen molar-refractivity contribution in [2.45, 2.75) is 6.54 Å². The predicted molar refractivity (Wildman–Crippen MR) is 83.0 cm³/mol. The first-order valence-corrected chi connectivity index (χ1v) is 6.81. The molecule has 1 radical (unpaired) electrons. The maximum atomic E-state index is 11.5. The minimum atomic E-state index is -0.516. The fourth-order valence-electron chi connectivity index (χ4n) is 2.21. The standard InChI is InChI=1S/C15H16N5O2/c1-22-11-4-2-10(3-5-11)9-18-13-8-12(14(16)21)15-17-6-7-20(15)19-13/h2-5,7-8H,6,9H2,1H3,(H2,16,21)(H,18,19). The molecule has 0 fully saturated rings. The molecule has 1 amide bonds. The van der Waals surface area contributed by atoms with Gasteiger partial charge in [-0.1, -0.05) is 12.1 Å². The number of nitrogens with one attached hydrogen (secondary N) is 1. The Morgan fingerprint density at radius 1 is 1.41 bits per heavy atom. The lowest BCUT2D eigenvalue weighted by Crippen LogP contribution is -2.36. The second-order valence-electron chi connectivity index (χ2n) is 4.80. The van der Waals surface area contributed by atoms with Crippen molar-refractivity contribution in [2.75, 3.05) is 13.7 Å². The quantitative estimate of drug-likeness (QED) is 0.841. The molecule has 0 bridgehead atoms. The van der Waals surface area contributed by atoms with E-state index in [0.29, 0.717) is 30.3 Å². The van der Waals surface area contributed by atoms with Crippen LogP contribution in [-0.4, -0.2) is 36.2 Å². The number of hydrazone groups is 1. The van der Waals surface area contributed by atoms with Crippen molar-refractivity contribution in [3.8, 4) is 5.75 Å². The Morgan fingerprint density at radius 2 is 2.18 bits per heavy atom. The molecule has 0 atom stereocenters. The zero-order valence-corrected chi connectivity index (χ0v) is 12.1. The van der Waals surface area contributed by atoms with Crippen molar-refractivity contribution in [3.05, 3.63) is 48.0 Å². The number of primary amides is 1. The number of carbonyl (C=O) groups excluding carboxylic acids is 1. The van der Waals surface area contributed by atoms with Crippen LogP contribution in [0.1, 0.15) is 5.56 Å². The van der Waals surface area contributed by atoms with Gasteiger partial charge in [0.2, 0.25) is 0 Å². The van der Waals surface area contributed by atoms with Crippen molar-refractivity contribution in [3.63, 3.8) is 0 Å². The Morgan fingerprint density at radius 3 is 2.86 bits per heavy atom. The maximum absolute atomic E-state index is 11.5. The number of fused-ring (bicyclic) bond motifs is 1. The highest BCUT2D eigenvalue weighted by molar-refractivity contribution is 6.25. The molecule has 0 aromatic heterocycles. The molecule has 0 saturated carbocycles. The van der Waals surface area contributed by atoms with E-state index in [0.717, 1.165) is 11.3 Å². The van der Waals surface area contributed by atoms with Gasteiger partial charge in [-0.3, -0.25) is 9.79 Å². The lowest BCUT2D eigenvalue weighted by Gasteiger charge is -2.21. The minimum absolute atomic E-state index is 0.362. The van der Waals surface area contributed by atoms with E-state index in [1.807, 2.05) is 24.3 Å². The van der Waals surface area contributed by atoms with Crippen molar-refractivity contribution in [1.29, 1.82) is 0 Å². The predicted octanol–water partition coefficient (Wildman–Crippen LogP) is 0.399. The summed E-state index contributed by atoms with van der Waals surface area (Å²) in [5.41, 5.74) is 6.83. The Kier molecular flexibility index (Phi) is 3.78. The number of amides is 1. The van der Waals surface area contributed by atoms with E-state index in [-0.39, 0.29) is 0 Å². The Balaban J connectivity index is 1.71. The SMILES string of the molecule is COc1ccc(CNC2=NN3[CH]CN=C3C(C(N)=O)=C2)cc1. The minimum Gasteiger partial charge on any atom is -0.497 e. The number of nitrogens with zero attached hydrogens (tertiary/aromatic N) is 3. The summed E-state index contributed by atoms with van der Waals surface area (Å²) in [6, 6.07) is 7.71. The topological polar surface area (TPSA) is 92.3 Å². The summed E-state index contributed by atoms with van der Waals surface area (Å²) in [7, 11) is 1.63. The highest BCUT2D eigenvalue weighted by Gasteiger charge is 2.28. The van der Waals surface area contributed by atoms with Crippen LogP contribution in [0.25, 0.3) is 0 Å². The number of aliphatic imine (C=N–C) groups is 1. The van der Waals surface area contributed by atoms with E-state index in [9.17, 15) is 4.79 Å². The average Bonchev–Trinajstić information content (AvgIpc) is 3.00. The van der Waals surface area contributed by atoms with Gasteiger partial charge < -0.3 is 15.8 Å². The number of carbonyl (C=O) groups is 1. The first-order valence-electron chi connectivity index (χ1n) is 6.81. The van der Waals surface area contributed by atoms with Crippen molar-refractivity contribution in [2.24, 2.45) is 15.8 Å². The third-order valence-corrected chi connectivity index (χ3v) is 3.35. The molecule has 0 unspecified atom stereocenters. The summed E-state index contributed by atoms with van der Waals surface area (Å²) in [4.78, 5) is 15.7. The van der Waals surface area contributed by atoms with Gasteiger partial charge in [-0.25, -0.2) is 5.01 Å². The van der Waals surface area contributed by atoms with Gasteiger partial charge in [-0.15, -0.1) is 0 Å². The average molecular weight is 298 g/mol. The second kappa shape index (κ2) is 5.88. The van der Waals surface area contributed by atoms with E-state index in [1.54, 1.807) is 24.7 Å². The largest absolute Gasteiger partial charge is 0.497 e.